The Morgan fingerprint density at radius 3 is 2.86 bits per heavy atom. The fourth-order valence-electron chi connectivity index (χ4n) is 1.88. The van der Waals surface area contributed by atoms with Gasteiger partial charge in [-0.25, -0.2) is 14.8 Å². The van der Waals surface area contributed by atoms with Crippen molar-refractivity contribution in [3.8, 4) is 5.88 Å². The molecule has 0 bridgehead atoms. The quantitative estimate of drug-likeness (QED) is 0.591. The summed E-state index contributed by atoms with van der Waals surface area (Å²) in [5, 5.41) is 10.0. The third kappa shape index (κ3) is 2.72. The van der Waals surface area contributed by atoms with Gasteiger partial charge in [0.2, 0.25) is 11.0 Å². The molecular weight excluding hydrogens is 372 g/mol. The zero-order valence-corrected chi connectivity index (χ0v) is 13.6. The summed E-state index contributed by atoms with van der Waals surface area (Å²) in [4.78, 5) is 35.1. The van der Waals surface area contributed by atoms with Crippen molar-refractivity contribution in [1.29, 1.82) is 0 Å². The summed E-state index contributed by atoms with van der Waals surface area (Å²) in [6, 6.07) is 3.94. The molecule has 0 amide bonds. The van der Waals surface area contributed by atoms with Crippen LogP contribution in [0.3, 0.4) is 0 Å². The molecule has 0 radical (unpaired) electrons. The van der Waals surface area contributed by atoms with Crippen molar-refractivity contribution in [3.63, 3.8) is 0 Å². The third-order valence-electron chi connectivity index (χ3n) is 2.84. The Kier molecular flexibility index (Phi) is 3.67. The number of thiazole rings is 1. The molecule has 0 fully saturated rings. The number of aliphatic imine (C=N–C) groups is 1. The Bertz CT molecular complexity index is 1020. The van der Waals surface area contributed by atoms with E-state index >= 15 is 0 Å². The molecule has 22 heavy (non-hydrogen) atoms. The van der Waals surface area contributed by atoms with Crippen LogP contribution in [-0.2, 0) is 0 Å². The monoisotopic (exact) mass is 380 g/mol. The van der Waals surface area contributed by atoms with E-state index in [1.54, 1.807) is 0 Å². The number of aromatic hydroxyl groups is 1. The van der Waals surface area contributed by atoms with E-state index < -0.39 is 17.1 Å². The Labute approximate surface area is 135 Å². The standard InChI is InChI=1S/C13H9BrN4O3S/c1-5-2-7(14)9-8(3-5)22-13(16-9)15-4-6-10(19)17-12(21)18-11(6)20/h2-4H,1H3,(H3,17,18,19,20,21)/b15-4+. The highest BCUT2D eigenvalue weighted by Gasteiger charge is 2.09. The number of benzene rings is 1. The molecule has 3 aromatic rings. The summed E-state index contributed by atoms with van der Waals surface area (Å²) in [5.74, 6) is -0.532. The molecule has 3 N–H and O–H groups in total. The number of halogens is 1. The van der Waals surface area contributed by atoms with Crippen LogP contribution in [0.4, 0.5) is 5.13 Å². The first-order valence-electron chi connectivity index (χ1n) is 6.10. The van der Waals surface area contributed by atoms with E-state index in [2.05, 4.69) is 30.9 Å². The van der Waals surface area contributed by atoms with Crippen LogP contribution in [0, 0.1) is 6.92 Å². The molecule has 0 saturated heterocycles. The molecular formula is C13H9BrN4O3S. The molecule has 1 aromatic carbocycles. The number of nitrogens with zero attached hydrogens (tertiary/aromatic N) is 2. The van der Waals surface area contributed by atoms with Crippen LogP contribution >= 0.6 is 27.3 Å². The second-order valence-electron chi connectivity index (χ2n) is 4.52. The van der Waals surface area contributed by atoms with E-state index in [0.29, 0.717) is 5.13 Å². The molecule has 0 atom stereocenters. The van der Waals surface area contributed by atoms with E-state index in [-0.39, 0.29) is 5.56 Å². The largest absolute Gasteiger partial charge is 0.494 e. The van der Waals surface area contributed by atoms with Crippen molar-refractivity contribution < 1.29 is 5.11 Å². The van der Waals surface area contributed by atoms with Crippen molar-refractivity contribution in [2.75, 3.05) is 0 Å². The predicted octanol–water partition coefficient (Wildman–Crippen LogP) is 2.20. The van der Waals surface area contributed by atoms with Gasteiger partial charge in [-0.3, -0.25) is 14.8 Å². The lowest BCUT2D eigenvalue weighted by Crippen LogP contribution is -2.24. The van der Waals surface area contributed by atoms with E-state index in [1.165, 1.54) is 17.6 Å². The van der Waals surface area contributed by atoms with E-state index in [9.17, 15) is 14.7 Å². The zero-order valence-electron chi connectivity index (χ0n) is 11.2. The number of nitrogens with one attached hydrogen (secondary N) is 2. The Hall–Kier alpha value is -2.26. The molecule has 7 nitrogen and oxygen atoms in total. The molecule has 2 aromatic heterocycles. The molecule has 0 aliphatic heterocycles. The number of aryl methyl sites for hydroxylation is 1. The number of rotatable bonds is 2. The van der Waals surface area contributed by atoms with Gasteiger partial charge in [0.25, 0.3) is 5.56 Å². The highest BCUT2D eigenvalue weighted by molar-refractivity contribution is 9.10. The summed E-state index contributed by atoms with van der Waals surface area (Å²) in [6.45, 7) is 1.98. The minimum atomic E-state index is -0.779. The van der Waals surface area contributed by atoms with Gasteiger partial charge >= 0.3 is 5.69 Å². The minimum Gasteiger partial charge on any atom is -0.494 e. The molecule has 2 heterocycles. The third-order valence-corrected chi connectivity index (χ3v) is 4.36. The lowest BCUT2D eigenvalue weighted by Gasteiger charge is -1.94. The summed E-state index contributed by atoms with van der Waals surface area (Å²) >= 11 is 4.80. The van der Waals surface area contributed by atoms with Gasteiger partial charge in [0.15, 0.2) is 0 Å². The Balaban J connectivity index is 2.05. The number of fused-ring (bicyclic) bond motifs is 1. The number of hydrogen-bond donors (Lipinski definition) is 3. The second kappa shape index (κ2) is 5.50. The molecule has 3 rings (SSSR count). The van der Waals surface area contributed by atoms with E-state index in [0.717, 1.165) is 20.3 Å². The zero-order chi connectivity index (χ0) is 15.9. The lowest BCUT2D eigenvalue weighted by atomic mass is 10.2. The highest BCUT2D eigenvalue weighted by Crippen LogP contribution is 2.33. The molecule has 9 heteroatoms. The molecule has 0 saturated carbocycles. The van der Waals surface area contributed by atoms with Gasteiger partial charge in [0, 0.05) is 10.7 Å². The maximum absolute atomic E-state index is 11.6. The first kappa shape index (κ1) is 14.7. The number of H-pyrrole nitrogens is 2. The first-order valence-corrected chi connectivity index (χ1v) is 7.71. The Morgan fingerprint density at radius 1 is 1.36 bits per heavy atom. The fraction of sp³-hybridized carbons (Fsp3) is 0.0769. The molecule has 0 spiro atoms. The number of aromatic nitrogens is 3. The lowest BCUT2D eigenvalue weighted by molar-refractivity contribution is 0.447. The second-order valence-corrected chi connectivity index (χ2v) is 6.38. The number of aromatic amines is 2. The summed E-state index contributed by atoms with van der Waals surface area (Å²) in [7, 11) is 0. The SMILES string of the molecule is Cc1cc(Br)c2nc(/N=C/c3c(O)[nH]c(=O)[nH]c3=O)sc2c1. The molecule has 0 aliphatic rings. The van der Waals surface area contributed by atoms with Gasteiger partial charge in [-0.15, -0.1) is 0 Å². The summed E-state index contributed by atoms with van der Waals surface area (Å²) < 4.78 is 1.82. The topological polar surface area (TPSA) is 111 Å². The molecule has 112 valence electrons. The summed E-state index contributed by atoms with van der Waals surface area (Å²) in [6.07, 6.45) is 1.17. The predicted molar refractivity (Wildman–Crippen MR) is 88.7 cm³/mol. The van der Waals surface area contributed by atoms with Gasteiger partial charge in [-0.05, 0) is 40.5 Å². The molecule has 0 aliphatic carbocycles. The van der Waals surface area contributed by atoms with E-state index in [4.69, 9.17) is 0 Å². The van der Waals surface area contributed by atoms with Crippen LogP contribution in [0.5, 0.6) is 5.88 Å². The normalized spacial score (nSPS) is 11.5. The van der Waals surface area contributed by atoms with Crippen molar-refractivity contribution >= 4 is 48.8 Å². The Morgan fingerprint density at radius 2 is 2.14 bits per heavy atom. The van der Waals surface area contributed by atoms with Gasteiger partial charge < -0.3 is 5.11 Å². The molecule has 0 unspecified atom stereocenters. The maximum atomic E-state index is 11.6. The van der Waals surface area contributed by atoms with Crippen molar-refractivity contribution in [2.45, 2.75) is 6.92 Å². The van der Waals surface area contributed by atoms with Crippen LogP contribution in [0.25, 0.3) is 10.2 Å². The van der Waals surface area contributed by atoms with E-state index in [1.807, 2.05) is 24.0 Å². The van der Waals surface area contributed by atoms with Gasteiger partial charge in [0.1, 0.15) is 5.56 Å². The average Bonchev–Trinajstić information content (AvgIpc) is 2.80. The fourth-order valence-corrected chi connectivity index (χ4v) is 3.62. The van der Waals surface area contributed by atoms with Crippen LogP contribution in [0.2, 0.25) is 0 Å². The highest BCUT2D eigenvalue weighted by atomic mass is 79.9. The minimum absolute atomic E-state index is 0.130. The van der Waals surface area contributed by atoms with Crippen molar-refractivity contribution in [2.24, 2.45) is 4.99 Å². The van der Waals surface area contributed by atoms with Crippen LogP contribution in [-0.4, -0.2) is 26.3 Å². The van der Waals surface area contributed by atoms with Crippen LogP contribution in [0.1, 0.15) is 11.1 Å². The maximum Gasteiger partial charge on any atom is 0.328 e. The van der Waals surface area contributed by atoms with Gasteiger partial charge in [0.05, 0.1) is 10.2 Å². The first-order chi connectivity index (χ1) is 10.4. The number of hydrogen-bond acceptors (Lipinski definition) is 6. The average molecular weight is 381 g/mol. The smallest absolute Gasteiger partial charge is 0.328 e. The summed E-state index contributed by atoms with van der Waals surface area (Å²) in [5.41, 5.74) is 0.243. The van der Waals surface area contributed by atoms with Crippen molar-refractivity contribution in [3.05, 3.63) is 48.6 Å². The van der Waals surface area contributed by atoms with Gasteiger partial charge in [-0.1, -0.05) is 11.3 Å². The van der Waals surface area contributed by atoms with Crippen LogP contribution in [0.15, 0.2) is 31.2 Å². The van der Waals surface area contributed by atoms with Crippen molar-refractivity contribution in [1.82, 2.24) is 15.0 Å². The van der Waals surface area contributed by atoms with Gasteiger partial charge in [-0.2, -0.15) is 0 Å². The van der Waals surface area contributed by atoms with Crippen LogP contribution < -0.4 is 11.2 Å².